The van der Waals surface area contributed by atoms with Gasteiger partial charge in [0.05, 0.1) is 17.7 Å². The predicted molar refractivity (Wildman–Crippen MR) is 82.3 cm³/mol. The number of likely N-dealkylation sites (N-methyl/N-ethyl adjacent to an activating group) is 1. The molecule has 0 unspecified atom stereocenters. The molecule has 7 heteroatoms. The maximum Gasteiger partial charge on any atom is 0.416 e. The number of nitrogens with zero attached hydrogens (tertiary/aromatic N) is 2. The first kappa shape index (κ1) is 17.2. The van der Waals surface area contributed by atoms with Gasteiger partial charge < -0.3 is 9.64 Å². The standard InChI is InChI=1S/C17H21F3N2O2/c1-21-14-5-7-22(8-6-15(14)24-11-16(21)23)10-12-3-2-4-13(9-12)17(18,19)20/h2-4,9,14-15H,5-8,10-11H2,1H3/t14-,15-/m0/s1. The van der Waals surface area contributed by atoms with Crippen molar-refractivity contribution in [3.8, 4) is 0 Å². The van der Waals surface area contributed by atoms with Crippen LogP contribution in [0.15, 0.2) is 24.3 Å². The van der Waals surface area contributed by atoms with Crippen LogP contribution in [0.5, 0.6) is 0 Å². The minimum absolute atomic E-state index is 0.0115. The van der Waals surface area contributed by atoms with Crippen LogP contribution in [0.1, 0.15) is 24.0 Å². The van der Waals surface area contributed by atoms with E-state index in [2.05, 4.69) is 4.90 Å². The molecule has 2 aliphatic rings. The van der Waals surface area contributed by atoms with Crippen LogP contribution in [-0.2, 0) is 22.3 Å². The number of ether oxygens (including phenoxy) is 1. The molecule has 0 spiro atoms. The smallest absolute Gasteiger partial charge is 0.366 e. The number of morpholine rings is 1. The number of halogens is 3. The van der Waals surface area contributed by atoms with Crippen molar-refractivity contribution >= 4 is 5.91 Å². The number of rotatable bonds is 2. The number of hydrogen-bond donors (Lipinski definition) is 0. The van der Waals surface area contributed by atoms with E-state index in [0.717, 1.165) is 32.0 Å². The van der Waals surface area contributed by atoms with Crippen molar-refractivity contribution in [3.05, 3.63) is 35.4 Å². The highest BCUT2D eigenvalue weighted by molar-refractivity contribution is 5.78. The average molecular weight is 342 g/mol. The molecule has 3 rings (SSSR count). The molecule has 132 valence electrons. The lowest BCUT2D eigenvalue weighted by molar-refractivity contribution is -0.154. The van der Waals surface area contributed by atoms with E-state index in [0.29, 0.717) is 12.1 Å². The van der Waals surface area contributed by atoms with Gasteiger partial charge in [0.25, 0.3) is 0 Å². The van der Waals surface area contributed by atoms with Gasteiger partial charge in [-0.25, -0.2) is 0 Å². The number of amides is 1. The molecule has 2 fully saturated rings. The molecule has 2 heterocycles. The second-order valence-electron chi connectivity index (χ2n) is 6.47. The fourth-order valence-electron chi connectivity index (χ4n) is 3.48. The highest BCUT2D eigenvalue weighted by atomic mass is 19.4. The summed E-state index contributed by atoms with van der Waals surface area (Å²) in [6.45, 7) is 2.07. The summed E-state index contributed by atoms with van der Waals surface area (Å²) < 4.78 is 44.1. The Hall–Kier alpha value is -1.60. The molecule has 0 bridgehead atoms. The van der Waals surface area contributed by atoms with Gasteiger partial charge in [0.1, 0.15) is 6.61 Å². The summed E-state index contributed by atoms with van der Waals surface area (Å²) >= 11 is 0. The Morgan fingerprint density at radius 2 is 2.00 bits per heavy atom. The zero-order chi connectivity index (χ0) is 17.3. The molecular formula is C17H21F3N2O2. The third kappa shape index (κ3) is 3.72. The van der Waals surface area contributed by atoms with Gasteiger partial charge in [0.2, 0.25) is 5.91 Å². The number of likely N-dealkylation sites (tertiary alicyclic amines) is 1. The molecule has 0 N–H and O–H groups in total. The van der Waals surface area contributed by atoms with Gasteiger partial charge in [-0.15, -0.1) is 0 Å². The summed E-state index contributed by atoms with van der Waals surface area (Å²) in [5.41, 5.74) is 0.0391. The van der Waals surface area contributed by atoms with Gasteiger partial charge in [-0.3, -0.25) is 9.69 Å². The Balaban J connectivity index is 1.66. The van der Waals surface area contributed by atoms with Gasteiger partial charge in [0, 0.05) is 26.7 Å². The minimum Gasteiger partial charge on any atom is -0.366 e. The largest absolute Gasteiger partial charge is 0.416 e. The first-order valence-electron chi connectivity index (χ1n) is 8.10. The average Bonchev–Trinajstić information content (AvgIpc) is 2.74. The first-order valence-corrected chi connectivity index (χ1v) is 8.10. The van der Waals surface area contributed by atoms with Crippen molar-refractivity contribution in [3.63, 3.8) is 0 Å². The highest BCUT2D eigenvalue weighted by Gasteiger charge is 2.36. The molecule has 1 aromatic carbocycles. The van der Waals surface area contributed by atoms with Gasteiger partial charge in [0.15, 0.2) is 0 Å². The van der Waals surface area contributed by atoms with Crippen LogP contribution in [0.4, 0.5) is 13.2 Å². The Morgan fingerprint density at radius 1 is 1.25 bits per heavy atom. The lowest BCUT2D eigenvalue weighted by atomic mass is 10.0. The fraction of sp³-hybridized carbons (Fsp3) is 0.588. The quantitative estimate of drug-likeness (QED) is 0.828. The van der Waals surface area contributed by atoms with Crippen molar-refractivity contribution in [2.45, 2.75) is 37.7 Å². The Labute approximate surface area is 139 Å². The predicted octanol–water partition coefficient (Wildman–Crippen LogP) is 2.53. The van der Waals surface area contributed by atoms with Gasteiger partial charge in [-0.2, -0.15) is 13.2 Å². The van der Waals surface area contributed by atoms with Gasteiger partial charge in [-0.1, -0.05) is 18.2 Å². The molecule has 0 radical (unpaired) electrons. The molecule has 4 nitrogen and oxygen atoms in total. The number of benzene rings is 1. The molecular weight excluding hydrogens is 321 g/mol. The van der Waals surface area contributed by atoms with E-state index in [4.69, 9.17) is 4.74 Å². The first-order chi connectivity index (χ1) is 11.3. The number of fused-ring (bicyclic) bond motifs is 1. The lowest BCUT2D eigenvalue weighted by Gasteiger charge is -2.37. The maximum atomic E-state index is 12.8. The van der Waals surface area contributed by atoms with Crippen molar-refractivity contribution in [2.24, 2.45) is 0 Å². The van der Waals surface area contributed by atoms with Crippen LogP contribution in [0.2, 0.25) is 0 Å². The van der Waals surface area contributed by atoms with Gasteiger partial charge >= 0.3 is 6.18 Å². The Morgan fingerprint density at radius 3 is 2.75 bits per heavy atom. The summed E-state index contributed by atoms with van der Waals surface area (Å²) in [6, 6.07) is 5.53. The molecule has 2 aliphatic heterocycles. The zero-order valence-corrected chi connectivity index (χ0v) is 13.6. The van der Waals surface area contributed by atoms with E-state index >= 15 is 0 Å². The van der Waals surface area contributed by atoms with Gasteiger partial charge in [-0.05, 0) is 24.5 Å². The third-order valence-electron chi connectivity index (χ3n) is 4.87. The van der Waals surface area contributed by atoms with E-state index < -0.39 is 11.7 Å². The van der Waals surface area contributed by atoms with E-state index in [1.807, 2.05) is 0 Å². The molecule has 1 aromatic rings. The molecule has 1 amide bonds. The van der Waals surface area contributed by atoms with Crippen LogP contribution in [0, 0.1) is 0 Å². The normalized spacial score (nSPS) is 26.2. The monoisotopic (exact) mass is 342 g/mol. The fourth-order valence-corrected chi connectivity index (χ4v) is 3.48. The SMILES string of the molecule is CN1C(=O)CO[C@H]2CCN(Cc3cccc(C(F)(F)F)c3)CC[C@@H]21. The maximum absolute atomic E-state index is 12.8. The van der Waals surface area contributed by atoms with E-state index in [1.165, 1.54) is 12.1 Å². The molecule has 2 saturated heterocycles. The number of carbonyl (C=O) groups is 1. The van der Waals surface area contributed by atoms with Crippen molar-refractivity contribution in [1.82, 2.24) is 9.80 Å². The number of hydrogen-bond acceptors (Lipinski definition) is 3. The second kappa shape index (κ2) is 6.72. The molecule has 0 aromatic heterocycles. The topological polar surface area (TPSA) is 32.8 Å². The summed E-state index contributed by atoms with van der Waals surface area (Å²) in [7, 11) is 1.80. The number of carbonyl (C=O) groups excluding carboxylic acids is 1. The third-order valence-corrected chi connectivity index (χ3v) is 4.87. The van der Waals surface area contributed by atoms with Crippen LogP contribution in [0.25, 0.3) is 0 Å². The van der Waals surface area contributed by atoms with Crippen molar-refractivity contribution in [1.29, 1.82) is 0 Å². The lowest BCUT2D eigenvalue weighted by Crippen LogP contribution is -2.52. The molecule has 24 heavy (non-hydrogen) atoms. The summed E-state index contributed by atoms with van der Waals surface area (Å²) in [4.78, 5) is 15.6. The van der Waals surface area contributed by atoms with Crippen LogP contribution in [0.3, 0.4) is 0 Å². The summed E-state index contributed by atoms with van der Waals surface area (Å²) in [6.07, 6.45) is -2.76. The molecule has 2 atom stereocenters. The van der Waals surface area contributed by atoms with Crippen LogP contribution < -0.4 is 0 Å². The molecule has 0 aliphatic carbocycles. The zero-order valence-electron chi connectivity index (χ0n) is 13.6. The minimum atomic E-state index is -4.32. The summed E-state index contributed by atoms with van der Waals surface area (Å²) in [5, 5.41) is 0. The Kier molecular flexibility index (Phi) is 4.83. The van der Waals surface area contributed by atoms with E-state index in [1.54, 1.807) is 18.0 Å². The van der Waals surface area contributed by atoms with Crippen molar-refractivity contribution in [2.75, 3.05) is 26.7 Å². The second-order valence-corrected chi connectivity index (χ2v) is 6.47. The van der Waals surface area contributed by atoms with Crippen molar-refractivity contribution < 1.29 is 22.7 Å². The van der Waals surface area contributed by atoms with Crippen LogP contribution in [-0.4, -0.2) is 54.6 Å². The van der Waals surface area contributed by atoms with Crippen LogP contribution >= 0.6 is 0 Å². The highest BCUT2D eigenvalue weighted by Crippen LogP contribution is 2.30. The Bertz CT molecular complexity index is 606. The van der Waals surface area contributed by atoms with E-state index in [9.17, 15) is 18.0 Å². The number of alkyl halides is 3. The van der Waals surface area contributed by atoms with E-state index in [-0.39, 0.29) is 24.7 Å². The molecule has 0 saturated carbocycles. The summed E-state index contributed by atoms with van der Waals surface area (Å²) in [5.74, 6) is -0.0115.